The predicted octanol–water partition coefficient (Wildman–Crippen LogP) is 1.52. The van der Waals surface area contributed by atoms with Gasteiger partial charge in [-0.3, -0.25) is 4.79 Å². The van der Waals surface area contributed by atoms with Crippen LogP contribution in [-0.2, 0) is 9.59 Å². The quantitative estimate of drug-likeness (QED) is 0.784. The van der Waals surface area contributed by atoms with E-state index in [0.717, 1.165) is 16.0 Å². The Hall–Kier alpha value is -1.84. The lowest BCUT2D eigenvalue weighted by molar-refractivity contribution is -0.145. The molecule has 0 bridgehead atoms. The van der Waals surface area contributed by atoms with Gasteiger partial charge in [0, 0.05) is 7.05 Å². The average Bonchev–Trinajstić information content (AvgIpc) is 2.22. The van der Waals surface area contributed by atoms with Gasteiger partial charge in [0.25, 0.3) is 0 Å². The number of aryl methyl sites for hydroxylation is 2. The van der Waals surface area contributed by atoms with Crippen molar-refractivity contribution >= 4 is 12.4 Å². The minimum Gasteiger partial charge on any atom is -0.479 e. The first-order chi connectivity index (χ1) is 7.47. The van der Waals surface area contributed by atoms with Gasteiger partial charge in [-0.05, 0) is 25.0 Å². The number of carbonyl (C=O) groups is 2. The van der Waals surface area contributed by atoms with E-state index in [2.05, 4.69) is 0 Å². The molecule has 16 heavy (non-hydrogen) atoms. The lowest BCUT2D eigenvalue weighted by Gasteiger charge is -2.22. The zero-order valence-electron chi connectivity index (χ0n) is 9.60. The van der Waals surface area contributed by atoms with E-state index in [1.807, 2.05) is 26.0 Å². The summed E-state index contributed by atoms with van der Waals surface area (Å²) in [4.78, 5) is 23.0. The standard InChI is InChI=1S/C12H15NO3/c1-8-4-5-9(2)10(6-8)11(12(15)16)13(3)7-14/h4-7,11H,1-3H3,(H,15,16). The summed E-state index contributed by atoms with van der Waals surface area (Å²) >= 11 is 0. The maximum atomic E-state index is 11.2. The third-order valence-corrected chi connectivity index (χ3v) is 2.54. The van der Waals surface area contributed by atoms with Crippen molar-refractivity contribution in [2.75, 3.05) is 7.05 Å². The monoisotopic (exact) mass is 221 g/mol. The molecule has 0 aliphatic rings. The van der Waals surface area contributed by atoms with Gasteiger partial charge in [0.15, 0.2) is 6.04 Å². The molecule has 0 spiro atoms. The molecule has 0 radical (unpaired) electrons. The Balaban J connectivity index is 3.25. The van der Waals surface area contributed by atoms with Crippen LogP contribution in [0.3, 0.4) is 0 Å². The van der Waals surface area contributed by atoms with Crippen molar-refractivity contribution in [3.8, 4) is 0 Å². The number of hydrogen-bond donors (Lipinski definition) is 1. The molecular weight excluding hydrogens is 206 g/mol. The van der Waals surface area contributed by atoms with Crippen LogP contribution in [0.25, 0.3) is 0 Å². The fourth-order valence-corrected chi connectivity index (χ4v) is 1.64. The van der Waals surface area contributed by atoms with Crippen molar-refractivity contribution in [1.82, 2.24) is 4.90 Å². The second-order valence-electron chi connectivity index (χ2n) is 3.87. The molecule has 1 amide bonds. The van der Waals surface area contributed by atoms with E-state index >= 15 is 0 Å². The van der Waals surface area contributed by atoms with Crippen molar-refractivity contribution in [3.63, 3.8) is 0 Å². The Bertz CT molecular complexity index is 415. The van der Waals surface area contributed by atoms with Crippen molar-refractivity contribution in [2.45, 2.75) is 19.9 Å². The Kier molecular flexibility index (Phi) is 3.66. The summed E-state index contributed by atoms with van der Waals surface area (Å²) in [5.74, 6) is -1.02. The van der Waals surface area contributed by atoms with E-state index in [4.69, 9.17) is 5.11 Å². The molecule has 1 aromatic rings. The van der Waals surface area contributed by atoms with Gasteiger partial charge in [-0.2, -0.15) is 0 Å². The van der Waals surface area contributed by atoms with E-state index in [1.165, 1.54) is 7.05 Å². The summed E-state index contributed by atoms with van der Waals surface area (Å²) in [6.07, 6.45) is 0.528. The minimum atomic E-state index is -1.02. The molecule has 4 nitrogen and oxygen atoms in total. The second-order valence-corrected chi connectivity index (χ2v) is 3.87. The molecule has 1 aromatic carbocycles. The zero-order chi connectivity index (χ0) is 12.3. The van der Waals surface area contributed by atoms with Gasteiger partial charge in [0.05, 0.1) is 0 Å². The molecular formula is C12H15NO3. The number of carbonyl (C=O) groups excluding carboxylic acids is 1. The molecule has 0 fully saturated rings. The van der Waals surface area contributed by atoms with Crippen LogP contribution in [0.15, 0.2) is 18.2 Å². The first-order valence-electron chi connectivity index (χ1n) is 4.94. The van der Waals surface area contributed by atoms with E-state index in [9.17, 15) is 9.59 Å². The first-order valence-corrected chi connectivity index (χ1v) is 4.94. The van der Waals surface area contributed by atoms with Crippen molar-refractivity contribution in [1.29, 1.82) is 0 Å². The molecule has 4 heteroatoms. The summed E-state index contributed by atoms with van der Waals surface area (Å²) in [5.41, 5.74) is 2.50. The maximum Gasteiger partial charge on any atom is 0.331 e. The van der Waals surface area contributed by atoms with Crippen LogP contribution >= 0.6 is 0 Å². The number of hydrogen-bond acceptors (Lipinski definition) is 2. The maximum absolute atomic E-state index is 11.2. The average molecular weight is 221 g/mol. The Morgan fingerprint density at radius 2 is 2.06 bits per heavy atom. The number of carboxylic acids is 1. The molecule has 0 saturated carbocycles. The smallest absolute Gasteiger partial charge is 0.331 e. The minimum absolute atomic E-state index is 0.528. The van der Waals surface area contributed by atoms with E-state index < -0.39 is 12.0 Å². The van der Waals surface area contributed by atoms with Gasteiger partial charge in [-0.25, -0.2) is 4.79 Å². The van der Waals surface area contributed by atoms with Crippen LogP contribution < -0.4 is 0 Å². The van der Waals surface area contributed by atoms with Gasteiger partial charge >= 0.3 is 5.97 Å². The SMILES string of the molecule is Cc1ccc(C)c(C(C(=O)O)N(C)C=O)c1. The van der Waals surface area contributed by atoms with Crippen molar-refractivity contribution in [3.05, 3.63) is 34.9 Å². The molecule has 86 valence electrons. The van der Waals surface area contributed by atoms with E-state index in [1.54, 1.807) is 6.07 Å². The van der Waals surface area contributed by atoms with Crippen LogP contribution in [-0.4, -0.2) is 29.4 Å². The van der Waals surface area contributed by atoms with Gasteiger partial charge < -0.3 is 10.0 Å². The van der Waals surface area contributed by atoms with Gasteiger partial charge in [-0.15, -0.1) is 0 Å². The fourth-order valence-electron chi connectivity index (χ4n) is 1.64. The molecule has 0 aliphatic carbocycles. The number of amides is 1. The fraction of sp³-hybridized carbons (Fsp3) is 0.333. The predicted molar refractivity (Wildman–Crippen MR) is 60.1 cm³/mol. The number of benzene rings is 1. The summed E-state index contributed by atoms with van der Waals surface area (Å²) < 4.78 is 0. The highest BCUT2D eigenvalue weighted by Crippen LogP contribution is 2.23. The molecule has 1 unspecified atom stereocenters. The van der Waals surface area contributed by atoms with Crippen LogP contribution in [0.5, 0.6) is 0 Å². The van der Waals surface area contributed by atoms with Crippen LogP contribution in [0.2, 0.25) is 0 Å². The molecule has 0 aliphatic heterocycles. The molecule has 0 saturated heterocycles. The Morgan fingerprint density at radius 1 is 1.44 bits per heavy atom. The van der Waals surface area contributed by atoms with Crippen LogP contribution in [0.4, 0.5) is 0 Å². The van der Waals surface area contributed by atoms with Gasteiger partial charge in [0.1, 0.15) is 0 Å². The van der Waals surface area contributed by atoms with Gasteiger partial charge in [-0.1, -0.05) is 23.8 Å². The Morgan fingerprint density at radius 3 is 2.56 bits per heavy atom. The number of carboxylic acid groups (broad SMARTS) is 1. The number of aliphatic carboxylic acids is 1. The lowest BCUT2D eigenvalue weighted by Crippen LogP contribution is -2.30. The highest BCUT2D eigenvalue weighted by atomic mass is 16.4. The lowest BCUT2D eigenvalue weighted by atomic mass is 9.98. The van der Waals surface area contributed by atoms with Gasteiger partial charge in [0.2, 0.25) is 6.41 Å². The second kappa shape index (κ2) is 4.79. The third kappa shape index (κ3) is 2.39. The largest absolute Gasteiger partial charge is 0.479 e. The summed E-state index contributed by atoms with van der Waals surface area (Å²) in [5, 5.41) is 9.14. The normalized spacial score (nSPS) is 11.9. The topological polar surface area (TPSA) is 57.6 Å². The third-order valence-electron chi connectivity index (χ3n) is 2.54. The molecule has 0 aromatic heterocycles. The van der Waals surface area contributed by atoms with E-state index in [0.29, 0.717) is 12.0 Å². The van der Waals surface area contributed by atoms with Crippen LogP contribution in [0.1, 0.15) is 22.7 Å². The highest BCUT2D eigenvalue weighted by molar-refractivity contribution is 5.78. The van der Waals surface area contributed by atoms with Crippen molar-refractivity contribution in [2.24, 2.45) is 0 Å². The number of nitrogens with zero attached hydrogens (tertiary/aromatic N) is 1. The molecule has 0 heterocycles. The summed E-state index contributed by atoms with van der Waals surface area (Å²) in [6, 6.07) is 4.66. The van der Waals surface area contributed by atoms with E-state index in [-0.39, 0.29) is 0 Å². The zero-order valence-corrected chi connectivity index (χ0v) is 9.60. The van der Waals surface area contributed by atoms with Crippen molar-refractivity contribution < 1.29 is 14.7 Å². The Labute approximate surface area is 94.5 Å². The van der Waals surface area contributed by atoms with Crippen LogP contribution in [0, 0.1) is 13.8 Å². The highest BCUT2D eigenvalue weighted by Gasteiger charge is 2.25. The number of rotatable bonds is 4. The summed E-state index contributed by atoms with van der Waals surface area (Å²) in [6.45, 7) is 3.73. The number of likely N-dealkylation sites (N-methyl/N-ethyl adjacent to an activating group) is 1. The summed E-state index contributed by atoms with van der Waals surface area (Å²) in [7, 11) is 1.47. The molecule has 1 atom stereocenters. The molecule has 1 N–H and O–H groups in total. The first kappa shape index (κ1) is 12.2. The molecule has 1 rings (SSSR count).